The molecule has 1 nitrogen and oxygen atoms in total. The summed E-state index contributed by atoms with van der Waals surface area (Å²) in [5.41, 5.74) is 1.24. The van der Waals surface area contributed by atoms with Gasteiger partial charge in [0, 0.05) is 4.88 Å². The van der Waals surface area contributed by atoms with Crippen molar-refractivity contribution in [2.75, 3.05) is 7.11 Å². The first-order chi connectivity index (χ1) is 9.38. The summed E-state index contributed by atoms with van der Waals surface area (Å²) in [5, 5.41) is 0. The van der Waals surface area contributed by atoms with E-state index in [0.717, 1.165) is 28.9 Å². The first-order valence-electron chi connectivity index (χ1n) is 6.22. The number of thiophene rings is 1. The van der Waals surface area contributed by atoms with Gasteiger partial charge in [-0.25, -0.2) is 0 Å². The molecule has 0 fully saturated rings. The van der Waals surface area contributed by atoms with Crippen LogP contribution in [0.1, 0.15) is 22.9 Å². The Morgan fingerprint density at radius 3 is 2.20 bits per heavy atom. The third kappa shape index (κ3) is 2.68. The molecule has 0 N–H and O–H groups in total. The van der Waals surface area contributed by atoms with Crippen LogP contribution >= 0.6 is 11.3 Å². The van der Waals surface area contributed by atoms with E-state index in [2.05, 4.69) is 0 Å². The number of aryl methyl sites for hydroxylation is 2. The largest absolute Gasteiger partial charge is 0.495 e. The van der Waals surface area contributed by atoms with Crippen LogP contribution in [0.4, 0.5) is 13.2 Å². The van der Waals surface area contributed by atoms with E-state index in [-0.39, 0.29) is 10.6 Å². The van der Waals surface area contributed by atoms with Gasteiger partial charge >= 0.3 is 6.18 Å². The summed E-state index contributed by atoms with van der Waals surface area (Å²) in [4.78, 5) is 0.754. The van der Waals surface area contributed by atoms with Gasteiger partial charge in [-0.1, -0.05) is 31.2 Å². The first kappa shape index (κ1) is 14.9. The monoisotopic (exact) mass is 300 g/mol. The molecule has 0 saturated carbocycles. The van der Waals surface area contributed by atoms with E-state index < -0.39 is 11.7 Å². The van der Waals surface area contributed by atoms with E-state index in [1.165, 1.54) is 14.0 Å². The quantitative estimate of drug-likeness (QED) is 0.746. The summed E-state index contributed by atoms with van der Waals surface area (Å²) in [5.74, 6) is -0.0794. The standard InChI is InChI=1S/C15H15F3OS/c1-4-10-5-7-11(8-6-10)14-13(19-3)12(9(2)20-14)15(16,17)18/h5-8H,4H2,1-3H3. The van der Waals surface area contributed by atoms with Crippen molar-refractivity contribution in [1.82, 2.24) is 0 Å². The lowest BCUT2D eigenvalue weighted by Gasteiger charge is -2.10. The Balaban J connectivity index is 2.57. The Morgan fingerprint density at radius 2 is 1.75 bits per heavy atom. The average Bonchev–Trinajstić information content (AvgIpc) is 2.75. The molecule has 0 aliphatic carbocycles. The number of methoxy groups -OCH3 is 1. The lowest BCUT2D eigenvalue weighted by atomic mass is 10.1. The molecule has 0 spiro atoms. The highest BCUT2D eigenvalue weighted by molar-refractivity contribution is 7.16. The molecule has 2 rings (SSSR count). The van der Waals surface area contributed by atoms with Crippen molar-refractivity contribution in [2.45, 2.75) is 26.4 Å². The van der Waals surface area contributed by atoms with Crippen LogP contribution in [0.25, 0.3) is 10.4 Å². The number of alkyl halides is 3. The second-order valence-corrected chi connectivity index (χ2v) is 5.67. The molecule has 1 aromatic carbocycles. The number of ether oxygens (including phenoxy) is 1. The van der Waals surface area contributed by atoms with Crippen LogP contribution in [0, 0.1) is 6.92 Å². The van der Waals surface area contributed by atoms with Gasteiger partial charge in [0.2, 0.25) is 0 Å². The van der Waals surface area contributed by atoms with E-state index in [1.54, 1.807) is 0 Å². The second kappa shape index (κ2) is 5.48. The predicted octanol–water partition coefficient (Wildman–Crippen LogP) is 5.31. The van der Waals surface area contributed by atoms with Crippen molar-refractivity contribution in [3.8, 4) is 16.2 Å². The molecule has 0 atom stereocenters. The van der Waals surface area contributed by atoms with Gasteiger partial charge in [-0.05, 0) is 24.5 Å². The van der Waals surface area contributed by atoms with E-state index in [9.17, 15) is 13.2 Å². The van der Waals surface area contributed by atoms with Crippen LogP contribution in [0.5, 0.6) is 5.75 Å². The zero-order chi connectivity index (χ0) is 14.9. The topological polar surface area (TPSA) is 9.23 Å². The van der Waals surface area contributed by atoms with Crippen LogP contribution in [0.2, 0.25) is 0 Å². The fourth-order valence-electron chi connectivity index (χ4n) is 2.13. The van der Waals surface area contributed by atoms with Crippen LogP contribution in [-0.4, -0.2) is 7.11 Å². The molecule has 5 heteroatoms. The fourth-order valence-corrected chi connectivity index (χ4v) is 3.28. The maximum atomic E-state index is 13.1. The first-order valence-corrected chi connectivity index (χ1v) is 7.04. The minimum atomic E-state index is -4.40. The molecule has 0 unspecified atom stereocenters. The Labute approximate surface area is 120 Å². The Morgan fingerprint density at radius 1 is 1.15 bits per heavy atom. The Bertz CT molecular complexity index is 597. The van der Waals surface area contributed by atoms with E-state index in [0.29, 0.717) is 4.88 Å². The molecule has 0 radical (unpaired) electrons. The molecule has 1 aromatic heterocycles. The molecular weight excluding hydrogens is 285 g/mol. The summed E-state index contributed by atoms with van der Waals surface area (Å²) in [6.45, 7) is 3.51. The highest BCUT2D eigenvalue weighted by Gasteiger charge is 2.39. The van der Waals surface area contributed by atoms with Crippen molar-refractivity contribution >= 4 is 11.3 Å². The van der Waals surface area contributed by atoms with Crippen LogP contribution in [0.15, 0.2) is 24.3 Å². The molecular formula is C15H15F3OS. The van der Waals surface area contributed by atoms with Gasteiger partial charge < -0.3 is 4.74 Å². The molecule has 2 aromatic rings. The number of halogens is 3. The maximum Gasteiger partial charge on any atom is 0.421 e. The van der Waals surface area contributed by atoms with Gasteiger partial charge in [-0.15, -0.1) is 11.3 Å². The van der Waals surface area contributed by atoms with Gasteiger partial charge in [0.05, 0.1) is 12.0 Å². The molecule has 0 amide bonds. The summed E-state index contributed by atoms with van der Waals surface area (Å²) < 4.78 is 44.2. The number of hydrogen-bond acceptors (Lipinski definition) is 2. The summed E-state index contributed by atoms with van der Waals surface area (Å²) in [6.07, 6.45) is -3.50. The predicted molar refractivity (Wildman–Crippen MR) is 75.4 cm³/mol. The zero-order valence-corrected chi connectivity index (χ0v) is 12.3. The van der Waals surface area contributed by atoms with E-state index in [1.807, 2.05) is 31.2 Å². The molecule has 0 bridgehead atoms. The fraction of sp³-hybridized carbons (Fsp3) is 0.333. The lowest BCUT2D eigenvalue weighted by Crippen LogP contribution is -2.07. The normalized spacial score (nSPS) is 11.7. The lowest BCUT2D eigenvalue weighted by molar-refractivity contribution is -0.138. The molecule has 108 valence electrons. The van der Waals surface area contributed by atoms with Gasteiger partial charge in [0.1, 0.15) is 11.3 Å². The maximum absolute atomic E-state index is 13.1. The summed E-state index contributed by atoms with van der Waals surface area (Å²) >= 11 is 1.11. The van der Waals surface area contributed by atoms with Crippen LogP contribution < -0.4 is 4.74 Å². The number of hydrogen-bond donors (Lipinski definition) is 0. The van der Waals surface area contributed by atoms with Gasteiger partial charge in [-0.2, -0.15) is 13.2 Å². The SMILES string of the molecule is CCc1ccc(-c2sc(C)c(C(F)(F)F)c2OC)cc1. The van der Waals surface area contributed by atoms with Gasteiger partial charge in [0.25, 0.3) is 0 Å². The van der Waals surface area contributed by atoms with E-state index >= 15 is 0 Å². The number of benzene rings is 1. The van der Waals surface area contributed by atoms with E-state index in [4.69, 9.17) is 4.74 Å². The Hall–Kier alpha value is -1.49. The highest BCUT2D eigenvalue weighted by atomic mass is 32.1. The Kier molecular flexibility index (Phi) is 4.09. The van der Waals surface area contributed by atoms with Gasteiger partial charge in [-0.3, -0.25) is 0 Å². The molecule has 20 heavy (non-hydrogen) atoms. The molecule has 0 saturated heterocycles. The van der Waals surface area contributed by atoms with Crippen molar-refractivity contribution in [1.29, 1.82) is 0 Å². The molecule has 1 heterocycles. The van der Waals surface area contributed by atoms with Crippen LogP contribution in [-0.2, 0) is 12.6 Å². The molecule has 0 aliphatic rings. The minimum absolute atomic E-state index is 0.0794. The highest BCUT2D eigenvalue weighted by Crippen LogP contribution is 2.49. The third-order valence-corrected chi connectivity index (χ3v) is 4.29. The smallest absolute Gasteiger partial charge is 0.421 e. The third-order valence-electron chi connectivity index (χ3n) is 3.15. The zero-order valence-electron chi connectivity index (χ0n) is 11.5. The van der Waals surface area contributed by atoms with Crippen molar-refractivity contribution in [3.63, 3.8) is 0 Å². The summed E-state index contributed by atoms with van der Waals surface area (Å²) in [7, 11) is 1.28. The minimum Gasteiger partial charge on any atom is -0.495 e. The molecule has 0 aliphatic heterocycles. The average molecular weight is 300 g/mol. The van der Waals surface area contributed by atoms with Crippen molar-refractivity contribution in [3.05, 3.63) is 40.3 Å². The van der Waals surface area contributed by atoms with Gasteiger partial charge in [0.15, 0.2) is 0 Å². The number of rotatable bonds is 3. The van der Waals surface area contributed by atoms with Crippen molar-refractivity contribution < 1.29 is 17.9 Å². The second-order valence-electron chi connectivity index (χ2n) is 4.44. The van der Waals surface area contributed by atoms with Crippen molar-refractivity contribution in [2.24, 2.45) is 0 Å². The summed E-state index contributed by atoms with van der Waals surface area (Å²) in [6, 6.07) is 7.54. The van der Waals surface area contributed by atoms with Crippen LogP contribution in [0.3, 0.4) is 0 Å².